The molecule has 0 atom stereocenters. The monoisotopic (exact) mass is 326 g/mol. The molecule has 0 aliphatic carbocycles. The fourth-order valence-electron chi connectivity index (χ4n) is 1.66. The summed E-state index contributed by atoms with van der Waals surface area (Å²) in [6.07, 6.45) is 0. The highest BCUT2D eigenvalue weighted by molar-refractivity contribution is 6.35. The molecule has 0 saturated heterocycles. The van der Waals surface area contributed by atoms with Gasteiger partial charge < -0.3 is 14.8 Å². The van der Waals surface area contributed by atoms with Gasteiger partial charge in [0.15, 0.2) is 0 Å². The molecule has 1 amide bonds. The first-order chi connectivity index (χ1) is 10.0. The molecular formula is C14H12Cl2N2O3. The number of amides is 1. The van der Waals surface area contributed by atoms with Gasteiger partial charge in [-0.25, -0.2) is 4.98 Å². The van der Waals surface area contributed by atoms with E-state index in [4.69, 9.17) is 32.7 Å². The van der Waals surface area contributed by atoms with Crippen LogP contribution in [0.2, 0.25) is 10.2 Å². The highest BCUT2D eigenvalue weighted by Gasteiger charge is 2.15. The number of carbonyl (C=O) groups excluding carboxylic acids is 1. The Hall–Kier alpha value is -1.98. The number of anilines is 1. The van der Waals surface area contributed by atoms with Crippen molar-refractivity contribution in [3.05, 3.63) is 46.2 Å². The summed E-state index contributed by atoms with van der Waals surface area (Å²) in [7, 11) is 3.04. The maximum absolute atomic E-state index is 12.2. The summed E-state index contributed by atoms with van der Waals surface area (Å²) in [6.45, 7) is 0. The van der Waals surface area contributed by atoms with Crippen molar-refractivity contribution in [2.45, 2.75) is 0 Å². The van der Waals surface area contributed by atoms with Crippen LogP contribution in [0, 0.1) is 0 Å². The van der Waals surface area contributed by atoms with Gasteiger partial charge in [0.05, 0.1) is 24.9 Å². The van der Waals surface area contributed by atoms with E-state index in [2.05, 4.69) is 10.3 Å². The standard InChI is InChI=1S/C14H12Cl2N2O3/c1-20-8-3-5-10(11(7-8)21-2)17-14(19)13-9(15)4-6-12(16)18-13/h3-7H,1-2H3,(H,17,19). The Bertz CT molecular complexity index is 677. The molecule has 2 aromatic rings. The predicted molar refractivity (Wildman–Crippen MR) is 81.8 cm³/mol. The van der Waals surface area contributed by atoms with Gasteiger partial charge in [-0.05, 0) is 24.3 Å². The second kappa shape index (κ2) is 6.65. The van der Waals surface area contributed by atoms with Gasteiger partial charge in [0.2, 0.25) is 0 Å². The van der Waals surface area contributed by atoms with Crippen molar-refractivity contribution in [3.8, 4) is 11.5 Å². The molecule has 1 heterocycles. The fourth-order valence-corrected chi connectivity index (χ4v) is 2.00. The van der Waals surface area contributed by atoms with Crippen molar-refractivity contribution in [2.24, 2.45) is 0 Å². The van der Waals surface area contributed by atoms with Gasteiger partial charge >= 0.3 is 0 Å². The Balaban J connectivity index is 2.29. The summed E-state index contributed by atoms with van der Waals surface area (Å²) in [5.41, 5.74) is 0.517. The number of aromatic nitrogens is 1. The number of pyridine rings is 1. The zero-order valence-electron chi connectivity index (χ0n) is 11.3. The van der Waals surface area contributed by atoms with E-state index in [1.807, 2.05) is 0 Å². The lowest BCUT2D eigenvalue weighted by Gasteiger charge is -2.11. The topological polar surface area (TPSA) is 60.5 Å². The number of halogens is 2. The molecule has 2 rings (SSSR count). The summed E-state index contributed by atoms with van der Waals surface area (Å²) in [5, 5.41) is 3.07. The van der Waals surface area contributed by atoms with Crippen molar-refractivity contribution in [1.29, 1.82) is 0 Å². The molecule has 7 heteroatoms. The first-order valence-corrected chi connectivity index (χ1v) is 6.66. The lowest BCUT2D eigenvalue weighted by Crippen LogP contribution is -2.15. The van der Waals surface area contributed by atoms with Gasteiger partial charge in [0, 0.05) is 6.07 Å². The van der Waals surface area contributed by atoms with Crippen LogP contribution in [-0.2, 0) is 0 Å². The van der Waals surface area contributed by atoms with Crippen molar-refractivity contribution in [3.63, 3.8) is 0 Å². The smallest absolute Gasteiger partial charge is 0.275 e. The van der Waals surface area contributed by atoms with E-state index in [1.165, 1.54) is 19.2 Å². The molecule has 0 radical (unpaired) electrons. The Morgan fingerprint density at radius 3 is 2.57 bits per heavy atom. The van der Waals surface area contributed by atoms with E-state index in [0.29, 0.717) is 17.2 Å². The molecule has 0 bridgehead atoms. The summed E-state index contributed by atoms with van der Waals surface area (Å²) in [6, 6.07) is 8.04. The zero-order valence-corrected chi connectivity index (χ0v) is 12.8. The van der Waals surface area contributed by atoms with Gasteiger partial charge in [-0.15, -0.1) is 0 Å². The van der Waals surface area contributed by atoms with Crippen molar-refractivity contribution in [2.75, 3.05) is 19.5 Å². The van der Waals surface area contributed by atoms with E-state index in [0.717, 1.165) is 0 Å². The molecule has 110 valence electrons. The Kier molecular flexibility index (Phi) is 4.88. The zero-order chi connectivity index (χ0) is 15.4. The van der Waals surface area contributed by atoms with Gasteiger partial charge in [-0.3, -0.25) is 4.79 Å². The quantitative estimate of drug-likeness (QED) is 0.871. The lowest BCUT2D eigenvalue weighted by atomic mass is 10.2. The SMILES string of the molecule is COc1ccc(NC(=O)c2nc(Cl)ccc2Cl)c(OC)c1. The molecule has 0 unspecified atom stereocenters. The first-order valence-electron chi connectivity index (χ1n) is 5.90. The molecule has 0 saturated carbocycles. The molecule has 5 nitrogen and oxygen atoms in total. The molecule has 0 fully saturated rings. The summed E-state index contributed by atoms with van der Waals surface area (Å²) in [5.74, 6) is 0.593. The van der Waals surface area contributed by atoms with E-state index in [1.54, 1.807) is 25.3 Å². The number of methoxy groups -OCH3 is 2. The van der Waals surface area contributed by atoms with E-state index in [-0.39, 0.29) is 15.9 Å². The van der Waals surface area contributed by atoms with Gasteiger partial charge in [0.25, 0.3) is 5.91 Å². The Labute approximate surface area is 131 Å². The summed E-state index contributed by atoms with van der Waals surface area (Å²) in [4.78, 5) is 16.1. The molecular weight excluding hydrogens is 315 g/mol. The van der Waals surface area contributed by atoms with Crippen LogP contribution in [0.4, 0.5) is 5.69 Å². The van der Waals surface area contributed by atoms with E-state index >= 15 is 0 Å². The minimum Gasteiger partial charge on any atom is -0.497 e. The average Bonchev–Trinajstić information content (AvgIpc) is 2.49. The van der Waals surface area contributed by atoms with Crippen molar-refractivity contribution in [1.82, 2.24) is 4.98 Å². The van der Waals surface area contributed by atoms with Crippen LogP contribution < -0.4 is 14.8 Å². The van der Waals surface area contributed by atoms with Gasteiger partial charge in [-0.2, -0.15) is 0 Å². The van der Waals surface area contributed by atoms with Crippen LogP contribution in [0.1, 0.15) is 10.5 Å². The lowest BCUT2D eigenvalue weighted by molar-refractivity contribution is 0.102. The third-order valence-electron chi connectivity index (χ3n) is 2.68. The van der Waals surface area contributed by atoms with E-state index in [9.17, 15) is 4.79 Å². The van der Waals surface area contributed by atoms with Gasteiger partial charge in [0.1, 0.15) is 22.3 Å². The van der Waals surface area contributed by atoms with Crippen LogP contribution in [0.3, 0.4) is 0 Å². The highest BCUT2D eigenvalue weighted by Crippen LogP contribution is 2.29. The third kappa shape index (κ3) is 3.56. The molecule has 1 N–H and O–H groups in total. The Morgan fingerprint density at radius 1 is 1.14 bits per heavy atom. The molecule has 0 spiro atoms. The number of ether oxygens (including phenoxy) is 2. The summed E-state index contributed by atoms with van der Waals surface area (Å²) >= 11 is 11.7. The number of nitrogens with one attached hydrogen (secondary N) is 1. The highest BCUT2D eigenvalue weighted by atomic mass is 35.5. The minimum atomic E-state index is -0.481. The Morgan fingerprint density at radius 2 is 1.90 bits per heavy atom. The maximum atomic E-state index is 12.2. The van der Waals surface area contributed by atoms with Crippen molar-refractivity contribution < 1.29 is 14.3 Å². The summed E-state index contributed by atoms with van der Waals surface area (Å²) < 4.78 is 10.3. The largest absolute Gasteiger partial charge is 0.497 e. The van der Waals surface area contributed by atoms with Crippen LogP contribution in [0.5, 0.6) is 11.5 Å². The number of benzene rings is 1. The third-order valence-corrected chi connectivity index (χ3v) is 3.20. The number of carbonyl (C=O) groups is 1. The van der Waals surface area contributed by atoms with Crippen LogP contribution in [0.15, 0.2) is 30.3 Å². The second-order valence-corrected chi connectivity index (χ2v) is 4.78. The fraction of sp³-hybridized carbons (Fsp3) is 0.143. The maximum Gasteiger partial charge on any atom is 0.275 e. The molecule has 0 aliphatic rings. The molecule has 21 heavy (non-hydrogen) atoms. The second-order valence-electron chi connectivity index (χ2n) is 3.98. The minimum absolute atomic E-state index is 0.0436. The van der Waals surface area contributed by atoms with Crippen molar-refractivity contribution >= 4 is 34.8 Å². The van der Waals surface area contributed by atoms with Gasteiger partial charge in [-0.1, -0.05) is 23.2 Å². The first kappa shape index (κ1) is 15.4. The molecule has 1 aromatic carbocycles. The average molecular weight is 327 g/mol. The predicted octanol–water partition coefficient (Wildman–Crippen LogP) is 3.66. The number of hydrogen-bond donors (Lipinski definition) is 1. The van der Waals surface area contributed by atoms with E-state index < -0.39 is 5.91 Å². The molecule has 0 aliphatic heterocycles. The number of nitrogens with zero attached hydrogens (tertiary/aromatic N) is 1. The van der Waals surface area contributed by atoms with Crippen LogP contribution in [0.25, 0.3) is 0 Å². The van der Waals surface area contributed by atoms with Crippen LogP contribution in [-0.4, -0.2) is 25.1 Å². The molecule has 1 aromatic heterocycles. The number of rotatable bonds is 4. The van der Waals surface area contributed by atoms with Crippen LogP contribution >= 0.6 is 23.2 Å². The normalized spacial score (nSPS) is 10.1. The number of hydrogen-bond acceptors (Lipinski definition) is 4.